The molecule has 0 aromatic rings. The van der Waals surface area contributed by atoms with Crippen LogP contribution in [0.1, 0.15) is 66.2 Å². The van der Waals surface area contributed by atoms with Gasteiger partial charge in [-0.1, -0.05) is 52.2 Å². The molecule has 2 saturated carbocycles. The molecule has 0 aromatic carbocycles. The van der Waals surface area contributed by atoms with Crippen LogP contribution in [0.5, 0.6) is 0 Å². The number of unbranched alkanes of at least 4 members (excludes halogenated alkanes) is 1. The maximum absolute atomic E-state index is 10.1. The summed E-state index contributed by atoms with van der Waals surface area (Å²) in [7, 11) is 0. The molecule has 2 bridgehead atoms. The van der Waals surface area contributed by atoms with Crippen molar-refractivity contribution in [2.75, 3.05) is 0 Å². The predicted molar refractivity (Wildman–Crippen MR) is 72.8 cm³/mol. The molecule has 2 fully saturated rings. The third kappa shape index (κ3) is 1.97. The minimum Gasteiger partial charge on any atom is -0.389 e. The highest BCUT2D eigenvalue weighted by Gasteiger charge is 2.58. The molecular weight excluding hydrogens is 208 g/mol. The molecule has 0 aromatic heterocycles. The van der Waals surface area contributed by atoms with Crippen LogP contribution in [0.3, 0.4) is 0 Å². The zero-order valence-corrected chi connectivity index (χ0v) is 11.9. The van der Waals surface area contributed by atoms with Gasteiger partial charge in [0, 0.05) is 0 Å². The molecule has 0 amide bonds. The van der Waals surface area contributed by atoms with E-state index in [1.54, 1.807) is 5.57 Å². The number of hydrogen-bond donors (Lipinski definition) is 1. The standard InChI is InChI=1S/C16H28O/c1-5-6-7-14(17)11-13-10-12-8-9-16(13,4)15(12,2)3/h11-12,14,17H,5-10H2,1-4H3/b13-11+/t12-,14-,16+/m1/s1. The Kier molecular flexibility index (Phi) is 3.42. The average Bonchev–Trinajstić information content (AvgIpc) is 2.59. The molecule has 2 aliphatic carbocycles. The SMILES string of the molecule is CCCC[C@@H](O)/C=C1\C[C@H]2CC[C@]1(C)C2(C)C. The van der Waals surface area contributed by atoms with E-state index in [9.17, 15) is 5.11 Å². The first-order valence-electron chi connectivity index (χ1n) is 7.31. The van der Waals surface area contributed by atoms with Crippen molar-refractivity contribution in [3.63, 3.8) is 0 Å². The number of aliphatic hydroxyl groups is 1. The van der Waals surface area contributed by atoms with E-state index in [0.717, 1.165) is 18.8 Å². The third-order valence-electron chi connectivity index (χ3n) is 5.86. The third-order valence-corrected chi connectivity index (χ3v) is 5.86. The van der Waals surface area contributed by atoms with E-state index < -0.39 is 0 Å². The summed E-state index contributed by atoms with van der Waals surface area (Å²) in [6, 6.07) is 0. The largest absolute Gasteiger partial charge is 0.389 e. The van der Waals surface area contributed by atoms with Crippen LogP contribution in [0, 0.1) is 16.7 Å². The van der Waals surface area contributed by atoms with E-state index in [-0.39, 0.29) is 6.10 Å². The van der Waals surface area contributed by atoms with Gasteiger partial charge in [0.1, 0.15) is 0 Å². The van der Waals surface area contributed by atoms with Gasteiger partial charge in [0.05, 0.1) is 6.10 Å². The summed E-state index contributed by atoms with van der Waals surface area (Å²) < 4.78 is 0. The fourth-order valence-electron chi connectivity index (χ4n) is 4.00. The van der Waals surface area contributed by atoms with Crippen LogP contribution in [0.4, 0.5) is 0 Å². The first-order chi connectivity index (χ1) is 7.91. The highest BCUT2D eigenvalue weighted by molar-refractivity contribution is 5.30. The van der Waals surface area contributed by atoms with E-state index in [1.807, 2.05) is 0 Å². The Morgan fingerprint density at radius 1 is 1.41 bits per heavy atom. The normalized spacial score (nSPS) is 38.9. The van der Waals surface area contributed by atoms with Crippen molar-refractivity contribution < 1.29 is 5.11 Å². The van der Waals surface area contributed by atoms with Crippen molar-refractivity contribution in [3.05, 3.63) is 11.6 Å². The monoisotopic (exact) mass is 236 g/mol. The lowest BCUT2D eigenvalue weighted by atomic mass is 9.69. The Balaban J connectivity index is 2.12. The maximum atomic E-state index is 10.1. The zero-order chi connectivity index (χ0) is 12.7. The van der Waals surface area contributed by atoms with Gasteiger partial charge in [0.25, 0.3) is 0 Å². The van der Waals surface area contributed by atoms with Gasteiger partial charge in [-0.25, -0.2) is 0 Å². The topological polar surface area (TPSA) is 20.2 Å². The predicted octanol–water partition coefficient (Wildman–Crippen LogP) is 4.31. The van der Waals surface area contributed by atoms with Crippen LogP contribution in [0.25, 0.3) is 0 Å². The van der Waals surface area contributed by atoms with Gasteiger partial charge in [-0.05, 0) is 42.4 Å². The average molecular weight is 236 g/mol. The molecule has 3 atom stereocenters. The van der Waals surface area contributed by atoms with Crippen molar-refractivity contribution >= 4 is 0 Å². The molecule has 0 spiro atoms. The Morgan fingerprint density at radius 2 is 2.12 bits per heavy atom. The minimum absolute atomic E-state index is 0.211. The molecule has 0 heterocycles. The van der Waals surface area contributed by atoms with Crippen molar-refractivity contribution in [1.29, 1.82) is 0 Å². The fourth-order valence-corrected chi connectivity index (χ4v) is 4.00. The van der Waals surface area contributed by atoms with E-state index in [0.29, 0.717) is 10.8 Å². The van der Waals surface area contributed by atoms with Gasteiger partial charge in [-0.2, -0.15) is 0 Å². The molecule has 2 aliphatic rings. The number of rotatable bonds is 4. The van der Waals surface area contributed by atoms with E-state index >= 15 is 0 Å². The molecule has 98 valence electrons. The van der Waals surface area contributed by atoms with Crippen molar-refractivity contribution in [1.82, 2.24) is 0 Å². The Morgan fingerprint density at radius 3 is 2.59 bits per heavy atom. The Labute approximate surface area is 106 Å². The van der Waals surface area contributed by atoms with Gasteiger partial charge in [-0.3, -0.25) is 0 Å². The molecule has 1 nitrogen and oxygen atoms in total. The number of hydrogen-bond acceptors (Lipinski definition) is 1. The van der Waals surface area contributed by atoms with E-state index in [1.165, 1.54) is 25.7 Å². The van der Waals surface area contributed by atoms with Gasteiger partial charge in [0.15, 0.2) is 0 Å². The quantitative estimate of drug-likeness (QED) is 0.721. The minimum atomic E-state index is -0.211. The second-order valence-electron chi connectivity index (χ2n) is 6.89. The summed E-state index contributed by atoms with van der Waals surface area (Å²) in [5.41, 5.74) is 2.33. The van der Waals surface area contributed by atoms with Crippen molar-refractivity contribution in [3.8, 4) is 0 Å². The lowest BCUT2D eigenvalue weighted by molar-refractivity contribution is 0.173. The molecule has 17 heavy (non-hydrogen) atoms. The molecule has 0 saturated heterocycles. The summed E-state index contributed by atoms with van der Waals surface area (Å²) in [6.45, 7) is 9.44. The number of aliphatic hydroxyl groups excluding tert-OH is 1. The summed E-state index contributed by atoms with van der Waals surface area (Å²) >= 11 is 0. The molecule has 1 N–H and O–H groups in total. The first kappa shape index (κ1) is 13.1. The van der Waals surface area contributed by atoms with E-state index in [2.05, 4.69) is 33.8 Å². The lowest BCUT2D eigenvalue weighted by Gasteiger charge is -2.36. The second kappa shape index (κ2) is 4.42. The zero-order valence-electron chi connectivity index (χ0n) is 11.9. The maximum Gasteiger partial charge on any atom is 0.0723 e. The molecule has 0 unspecified atom stereocenters. The van der Waals surface area contributed by atoms with Crippen molar-refractivity contribution in [2.24, 2.45) is 16.7 Å². The highest BCUT2D eigenvalue weighted by atomic mass is 16.3. The number of fused-ring (bicyclic) bond motifs is 2. The first-order valence-corrected chi connectivity index (χ1v) is 7.31. The van der Waals surface area contributed by atoms with Crippen LogP contribution < -0.4 is 0 Å². The van der Waals surface area contributed by atoms with E-state index in [4.69, 9.17) is 0 Å². The van der Waals surface area contributed by atoms with Crippen LogP contribution in [-0.4, -0.2) is 11.2 Å². The van der Waals surface area contributed by atoms with Crippen LogP contribution >= 0.6 is 0 Å². The summed E-state index contributed by atoms with van der Waals surface area (Å²) in [5.74, 6) is 0.845. The van der Waals surface area contributed by atoms with Crippen LogP contribution in [0.15, 0.2) is 11.6 Å². The van der Waals surface area contributed by atoms with Gasteiger partial charge in [0.2, 0.25) is 0 Å². The van der Waals surface area contributed by atoms with Gasteiger partial charge < -0.3 is 5.11 Å². The van der Waals surface area contributed by atoms with Gasteiger partial charge in [-0.15, -0.1) is 0 Å². The molecule has 0 aliphatic heterocycles. The smallest absolute Gasteiger partial charge is 0.0723 e. The summed E-state index contributed by atoms with van der Waals surface area (Å²) in [4.78, 5) is 0. The fraction of sp³-hybridized carbons (Fsp3) is 0.875. The molecule has 1 heteroatoms. The summed E-state index contributed by atoms with van der Waals surface area (Å²) in [5, 5.41) is 10.1. The van der Waals surface area contributed by atoms with Crippen LogP contribution in [-0.2, 0) is 0 Å². The second-order valence-corrected chi connectivity index (χ2v) is 6.89. The highest BCUT2D eigenvalue weighted by Crippen LogP contribution is 2.67. The Bertz CT molecular complexity index is 315. The summed E-state index contributed by atoms with van der Waals surface area (Å²) in [6.07, 6.45) is 9.14. The lowest BCUT2D eigenvalue weighted by Crippen LogP contribution is -2.28. The molecule has 0 radical (unpaired) electrons. The van der Waals surface area contributed by atoms with Crippen LogP contribution in [0.2, 0.25) is 0 Å². The number of allylic oxidation sites excluding steroid dienone is 1. The van der Waals surface area contributed by atoms with Gasteiger partial charge >= 0.3 is 0 Å². The molecular formula is C16H28O. The Hall–Kier alpha value is -0.300. The molecule has 2 rings (SSSR count). The van der Waals surface area contributed by atoms with Crippen molar-refractivity contribution in [2.45, 2.75) is 72.3 Å².